The average molecular weight is 433 g/mol. The highest BCUT2D eigenvalue weighted by Gasteiger charge is 2.16. The summed E-state index contributed by atoms with van der Waals surface area (Å²) in [4.78, 5) is 11.9. The molecule has 3 rings (SSSR count). The van der Waals surface area contributed by atoms with Crippen molar-refractivity contribution in [3.8, 4) is 5.75 Å². The number of hydrogen-bond acceptors (Lipinski definition) is 6. The molecular formula is C19H15NO7S2. The summed E-state index contributed by atoms with van der Waals surface area (Å²) in [6.45, 7) is 3.24. The summed E-state index contributed by atoms with van der Waals surface area (Å²) in [6.07, 6.45) is 0. The Labute approximate surface area is 166 Å². The molecule has 1 amide bonds. The highest BCUT2D eigenvalue weighted by atomic mass is 32.2. The van der Waals surface area contributed by atoms with Crippen molar-refractivity contribution in [1.29, 1.82) is 0 Å². The molecule has 3 N–H and O–H groups in total. The molecule has 0 aromatic heterocycles. The van der Waals surface area contributed by atoms with Crippen LogP contribution in [0.4, 0.5) is 5.69 Å². The van der Waals surface area contributed by atoms with Crippen LogP contribution < -0.4 is 5.32 Å². The van der Waals surface area contributed by atoms with Gasteiger partial charge in [0.2, 0.25) is 0 Å². The van der Waals surface area contributed by atoms with Crippen LogP contribution in [0, 0.1) is 0 Å². The molecule has 0 fully saturated rings. The molecule has 29 heavy (non-hydrogen) atoms. The fourth-order valence-corrected chi connectivity index (χ4v) is 3.94. The van der Waals surface area contributed by atoms with Crippen LogP contribution in [0.1, 0.15) is 10.4 Å². The van der Waals surface area contributed by atoms with Crippen molar-refractivity contribution in [1.82, 2.24) is 0 Å². The Balaban J connectivity index is 1.95. The maximum atomic E-state index is 12.5. The fraction of sp³-hybridized carbons (Fsp3) is 0. The van der Waals surface area contributed by atoms with Crippen molar-refractivity contribution in [3.63, 3.8) is 0 Å². The van der Waals surface area contributed by atoms with Crippen LogP contribution in [0.5, 0.6) is 5.75 Å². The van der Waals surface area contributed by atoms with Gasteiger partial charge in [-0.3, -0.25) is 9.35 Å². The largest absolute Gasteiger partial charge is 0.507 e. The molecule has 0 unspecified atom stereocenters. The number of rotatable bonds is 5. The van der Waals surface area contributed by atoms with E-state index >= 15 is 0 Å². The van der Waals surface area contributed by atoms with Crippen molar-refractivity contribution in [2.45, 2.75) is 9.79 Å². The van der Waals surface area contributed by atoms with Gasteiger partial charge in [0.05, 0.1) is 9.79 Å². The fourth-order valence-electron chi connectivity index (χ4n) is 2.65. The van der Waals surface area contributed by atoms with Gasteiger partial charge in [-0.15, -0.1) is 0 Å². The molecular weight excluding hydrogens is 418 g/mol. The summed E-state index contributed by atoms with van der Waals surface area (Å²) in [6, 6.07) is 11.8. The molecule has 0 heterocycles. The van der Waals surface area contributed by atoms with E-state index in [2.05, 4.69) is 11.9 Å². The minimum Gasteiger partial charge on any atom is -0.507 e. The zero-order valence-corrected chi connectivity index (χ0v) is 16.4. The van der Waals surface area contributed by atoms with Crippen molar-refractivity contribution < 1.29 is 31.3 Å². The van der Waals surface area contributed by atoms with Crippen LogP contribution in [0.15, 0.2) is 76.4 Å². The highest BCUT2D eigenvalue weighted by Crippen LogP contribution is 2.31. The van der Waals surface area contributed by atoms with Gasteiger partial charge in [0.15, 0.2) is 9.84 Å². The number of hydrogen-bond donors (Lipinski definition) is 3. The van der Waals surface area contributed by atoms with Gasteiger partial charge in [-0.1, -0.05) is 18.7 Å². The van der Waals surface area contributed by atoms with E-state index in [0.29, 0.717) is 5.39 Å². The Kier molecular flexibility index (Phi) is 5.18. The smallest absolute Gasteiger partial charge is 0.294 e. The zero-order valence-electron chi connectivity index (χ0n) is 14.7. The maximum Gasteiger partial charge on any atom is 0.294 e. The second-order valence-electron chi connectivity index (χ2n) is 6.05. The SMILES string of the molecule is C=CS(=O)(=O)c1cccc(C(=O)Nc2ccc3cc(S(=O)(=O)O)cc(O)c3c2)c1. The first-order valence-electron chi connectivity index (χ1n) is 8.04. The van der Waals surface area contributed by atoms with E-state index < -0.39 is 36.5 Å². The lowest BCUT2D eigenvalue weighted by atomic mass is 10.1. The normalized spacial score (nSPS) is 11.9. The van der Waals surface area contributed by atoms with E-state index in [9.17, 15) is 26.7 Å². The average Bonchev–Trinajstić information content (AvgIpc) is 2.67. The minimum atomic E-state index is -4.49. The van der Waals surface area contributed by atoms with Crippen molar-refractivity contribution in [2.75, 3.05) is 5.32 Å². The first kappa shape index (κ1) is 20.5. The first-order chi connectivity index (χ1) is 13.5. The molecule has 8 nitrogen and oxygen atoms in total. The number of amides is 1. The Hall–Kier alpha value is -3.21. The summed E-state index contributed by atoms with van der Waals surface area (Å²) in [5.41, 5.74) is 0.383. The molecule has 0 aliphatic carbocycles. The molecule has 0 aliphatic rings. The number of nitrogens with one attached hydrogen (secondary N) is 1. The van der Waals surface area contributed by atoms with E-state index in [1.54, 1.807) is 0 Å². The second-order valence-corrected chi connectivity index (χ2v) is 9.36. The van der Waals surface area contributed by atoms with Gasteiger partial charge >= 0.3 is 0 Å². The zero-order chi connectivity index (χ0) is 21.4. The lowest BCUT2D eigenvalue weighted by Gasteiger charge is -2.09. The van der Waals surface area contributed by atoms with E-state index in [1.807, 2.05) is 0 Å². The van der Waals surface area contributed by atoms with Crippen LogP contribution in [0.2, 0.25) is 0 Å². The molecule has 0 saturated heterocycles. The Morgan fingerprint density at radius 1 is 0.966 bits per heavy atom. The minimum absolute atomic E-state index is 0.0750. The molecule has 0 aliphatic heterocycles. The Morgan fingerprint density at radius 2 is 1.69 bits per heavy atom. The number of sulfone groups is 1. The van der Waals surface area contributed by atoms with E-state index in [-0.39, 0.29) is 21.5 Å². The van der Waals surface area contributed by atoms with Crippen molar-refractivity contribution in [2.24, 2.45) is 0 Å². The van der Waals surface area contributed by atoms with Gasteiger partial charge in [-0.2, -0.15) is 8.42 Å². The van der Waals surface area contributed by atoms with Gasteiger partial charge in [0, 0.05) is 28.1 Å². The van der Waals surface area contributed by atoms with E-state index in [4.69, 9.17) is 4.55 Å². The topological polar surface area (TPSA) is 138 Å². The van der Waals surface area contributed by atoms with Crippen molar-refractivity contribution in [3.05, 3.63) is 72.1 Å². The summed E-state index contributed by atoms with van der Waals surface area (Å²) in [5.74, 6) is -0.982. The van der Waals surface area contributed by atoms with Gasteiger partial charge < -0.3 is 10.4 Å². The number of anilines is 1. The number of phenolic OH excluding ortho intramolecular Hbond substituents is 1. The third-order valence-electron chi connectivity index (χ3n) is 4.11. The van der Waals surface area contributed by atoms with E-state index in [0.717, 1.165) is 11.5 Å². The van der Waals surface area contributed by atoms with Crippen LogP contribution in [-0.2, 0) is 20.0 Å². The van der Waals surface area contributed by atoms with Gasteiger partial charge in [0.1, 0.15) is 5.75 Å². The second kappa shape index (κ2) is 7.32. The predicted molar refractivity (Wildman–Crippen MR) is 107 cm³/mol. The monoisotopic (exact) mass is 433 g/mol. The number of phenols is 1. The van der Waals surface area contributed by atoms with Crippen LogP contribution in [0.3, 0.4) is 0 Å². The molecule has 0 bridgehead atoms. The Morgan fingerprint density at radius 3 is 2.34 bits per heavy atom. The maximum absolute atomic E-state index is 12.5. The predicted octanol–water partition coefficient (Wildman–Crippen LogP) is 2.96. The van der Waals surface area contributed by atoms with Gasteiger partial charge in [-0.25, -0.2) is 8.42 Å². The number of fused-ring (bicyclic) bond motifs is 1. The third kappa shape index (κ3) is 4.29. The first-order valence-corrected chi connectivity index (χ1v) is 11.0. The van der Waals surface area contributed by atoms with Crippen molar-refractivity contribution >= 4 is 42.3 Å². The van der Waals surface area contributed by atoms with Gasteiger partial charge in [-0.05, 0) is 41.8 Å². The van der Waals surface area contributed by atoms with E-state index in [1.165, 1.54) is 48.5 Å². The summed E-state index contributed by atoms with van der Waals surface area (Å²) >= 11 is 0. The number of carbonyl (C=O) groups is 1. The molecule has 150 valence electrons. The molecule has 3 aromatic carbocycles. The van der Waals surface area contributed by atoms with Gasteiger partial charge in [0.25, 0.3) is 16.0 Å². The van der Waals surface area contributed by atoms with Crippen LogP contribution in [0.25, 0.3) is 10.8 Å². The summed E-state index contributed by atoms with van der Waals surface area (Å²) in [5, 5.41) is 14.0. The molecule has 0 saturated carbocycles. The molecule has 3 aromatic rings. The standard InChI is InChI=1S/C19H15NO7S2/c1-2-28(23,24)15-5-3-4-13(9-15)19(22)20-14-7-6-12-8-16(29(25,26)27)11-18(21)17(12)10-14/h2-11,21H,1H2,(H,20,22)(H,25,26,27). The molecule has 0 radical (unpaired) electrons. The lowest BCUT2D eigenvalue weighted by Crippen LogP contribution is -2.12. The van der Waals surface area contributed by atoms with Crippen LogP contribution in [-0.4, -0.2) is 32.4 Å². The lowest BCUT2D eigenvalue weighted by molar-refractivity contribution is 0.102. The third-order valence-corrected chi connectivity index (χ3v) is 6.29. The number of carbonyl (C=O) groups excluding carboxylic acids is 1. The number of aromatic hydroxyl groups is 1. The quantitative estimate of drug-likeness (QED) is 0.526. The summed E-state index contributed by atoms with van der Waals surface area (Å²) < 4.78 is 55.4. The number of benzene rings is 3. The van der Waals surface area contributed by atoms with Crippen LogP contribution >= 0.6 is 0 Å². The molecule has 0 atom stereocenters. The Bertz CT molecular complexity index is 1360. The molecule has 10 heteroatoms. The molecule has 0 spiro atoms. The summed E-state index contributed by atoms with van der Waals surface area (Å²) in [7, 11) is -8.18. The highest BCUT2D eigenvalue weighted by molar-refractivity contribution is 7.94.